The average Bonchev–Trinajstić information content (AvgIpc) is 2.64. The Morgan fingerprint density at radius 1 is 1.40 bits per heavy atom. The molecular formula is C16H24ClN2O. The number of ether oxygens (including phenoxy) is 1. The molecule has 4 heteroatoms. The molecule has 0 aromatic heterocycles. The summed E-state index contributed by atoms with van der Waals surface area (Å²) in [6, 6.07) is 8.20. The Morgan fingerprint density at radius 2 is 2.10 bits per heavy atom. The number of benzene rings is 1. The second-order valence-electron chi connectivity index (χ2n) is 6.11. The molecular weight excluding hydrogens is 272 g/mol. The maximum atomic E-state index is 6.17. The molecule has 1 radical (unpaired) electrons. The number of nitrogens with one attached hydrogen (secondary N) is 1. The van der Waals surface area contributed by atoms with Gasteiger partial charge in [-0.1, -0.05) is 37.6 Å². The summed E-state index contributed by atoms with van der Waals surface area (Å²) in [5.41, 5.74) is 0.778. The summed E-state index contributed by atoms with van der Waals surface area (Å²) < 4.78 is 5.92. The van der Waals surface area contributed by atoms with Gasteiger partial charge in [-0.05, 0) is 31.9 Å². The van der Waals surface area contributed by atoms with Crippen LogP contribution in [0.3, 0.4) is 0 Å². The van der Waals surface area contributed by atoms with Gasteiger partial charge in [-0.2, -0.15) is 0 Å². The highest BCUT2D eigenvalue weighted by atomic mass is 35.5. The monoisotopic (exact) mass is 295 g/mol. The molecule has 1 aromatic carbocycles. The van der Waals surface area contributed by atoms with E-state index in [1.54, 1.807) is 0 Å². The van der Waals surface area contributed by atoms with E-state index in [-0.39, 0.29) is 5.72 Å². The van der Waals surface area contributed by atoms with Crippen molar-refractivity contribution in [3.8, 4) is 0 Å². The third kappa shape index (κ3) is 3.66. The normalized spacial score (nSPS) is 22.4. The quantitative estimate of drug-likeness (QED) is 0.894. The summed E-state index contributed by atoms with van der Waals surface area (Å²) in [7, 11) is 0. The van der Waals surface area contributed by atoms with Gasteiger partial charge in [0, 0.05) is 13.1 Å². The summed E-state index contributed by atoms with van der Waals surface area (Å²) in [6.45, 7) is 11.1. The van der Waals surface area contributed by atoms with Crippen LogP contribution >= 0.6 is 11.6 Å². The molecule has 111 valence electrons. The number of para-hydroxylation sites is 1. The molecule has 1 aliphatic heterocycles. The molecule has 0 aliphatic carbocycles. The topological polar surface area (TPSA) is 24.5 Å². The molecule has 3 nitrogen and oxygen atoms in total. The lowest BCUT2D eigenvalue weighted by molar-refractivity contribution is -0.0508. The second kappa shape index (κ2) is 6.33. The number of rotatable bonds is 5. The lowest BCUT2D eigenvalue weighted by atomic mass is 10.1. The van der Waals surface area contributed by atoms with Crippen LogP contribution in [-0.2, 0) is 4.74 Å². The summed E-state index contributed by atoms with van der Waals surface area (Å²) in [5.74, 6) is 1.39. The van der Waals surface area contributed by atoms with Crippen molar-refractivity contribution in [2.75, 3.05) is 25.0 Å². The van der Waals surface area contributed by atoms with E-state index in [1.807, 2.05) is 24.3 Å². The van der Waals surface area contributed by atoms with Crippen molar-refractivity contribution in [1.82, 2.24) is 4.90 Å². The lowest BCUT2D eigenvalue weighted by Gasteiger charge is -2.35. The molecule has 1 N–H and O–H groups in total. The van der Waals surface area contributed by atoms with Crippen LogP contribution < -0.4 is 5.32 Å². The van der Waals surface area contributed by atoms with Gasteiger partial charge in [-0.25, -0.2) is 0 Å². The fraction of sp³-hybridized carbons (Fsp3) is 0.562. The minimum Gasteiger partial charge on any atom is -0.382 e. The predicted octanol–water partition coefficient (Wildman–Crippen LogP) is 3.80. The van der Waals surface area contributed by atoms with Crippen molar-refractivity contribution in [3.05, 3.63) is 35.2 Å². The van der Waals surface area contributed by atoms with Gasteiger partial charge < -0.3 is 10.1 Å². The van der Waals surface area contributed by atoms with Crippen molar-refractivity contribution in [1.29, 1.82) is 0 Å². The van der Waals surface area contributed by atoms with Gasteiger partial charge in [-0.15, -0.1) is 0 Å². The largest absolute Gasteiger partial charge is 0.382 e. The number of hydrogen-bond acceptors (Lipinski definition) is 3. The third-order valence-electron chi connectivity index (χ3n) is 3.65. The molecule has 1 aromatic rings. The fourth-order valence-electron chi connectivity index (χ4n) is 2.57. The van der Waals surface area contributed by atoms with Crippen LogP contribution in [0.5, 0.6) is 0 Å². The first-order chi connectivity index (χ1) is 9.40. The Kier molecular flexibility index (Phi) is 4.95. The average molecular weight is 296 g/mol. The SMILES string of the molecule is C[C](C)CN1[C@@H](CNc2ccccc2Cl)COC1(C)C. The molecule has 1 saturated heterocycles. The number of anilines is 1. The van der Waals surface area contributed by atoms with Crippen molar-refractivity contribution < 1.29 is 4.74 Å². The van der Waals surface area contributed by atoms with Crippen molar-refractivity contribution in [3.63, 3.8) is 0 Å². The molecule has 1 heterocycles. The van der Waals surface area contributed by atoms with Crippen molar-refractivity contribution in [2.45, 2.75) is 39.5 Å². The minimum absolute atomic E-state index is 0.204. The first-order valence-corrected chi connectivity index (χ1v) is 7.46. The lowest BCUT2D eigenvalue weighted by Crippen LogP contribution is -2.47. The molecule has 1 fully saturated rings. The number of halogens is 1. The fourth-order valence-corrected chi connectivity index (χ4v) is 2.78. The van der Waals surface area contributed by atoms with Gasteiger partial charge >= 0.3 is 0 Å². The molecule has 0 amide bonds. The molecule has 2 rings (SSSR count). The van der Waals surface area contributed by atoms with Crippen LogP contribution in [0.25, 0.3) is 0 Å². The van der Waals surface area contributed by atoms with Crippen LogP contribution in [0.2, 0.25) is 5.02 Å². The maximum absolute atomic E-state index is 6.17. The Morgan fingerprint density at radius 3 is 2.75 bits per heavy atom. The number of nitrogens with zero attached hydrogens (tertiary/aromatic N) is 1. The summed E-state index contributed by atoms with van der Waals surface area (Å²) in [5, 5.41) is 4.19. The highest BCUT2D eigenvalue weighted by Gasteiger charge is 2.40. The predicted molar refractivity (Wildman–Crippen MR) is 85.1 cm³/mol. The van der Waals surface area contributed by atoms with E-state index in [0.29, 0.717) is 6.04 Å². The Labute approximate surface area is 127 Å². The standard InChI is InChI=1S/C16H24ClN2O/c1-12(2)10-19-13(11-20-16(19,3)4)9-18-15-8-6-5-7-14(15)17/h5-8,13,18H,9-11H2,1-4H3/t13-/m0/s1. The van der Waals surface area contributed by atoms with E-state index in [0.717, 1.165) is 30.4 Å². The van der Waals surface area contributed by atoms with Gasteiger partial charge in [0.1, 0.15) is 5.72 Å². The zero-order valence-corrected chi connectivity index (χ0v) is 13.5. The maximum Gasteiger partial charge on any atom is 0.116 e. The van der Waals surface area contributed by atoms with Crippen LogP contribution in [-0.4, -0.2) is 36.4 Å². The molecule has 0 saturated carbocycles. The van der Waals surface area contributed by atoms with Gasteiger partial charge in [0.15, 0.2) is 0 Å². The second-order valence-corrected chi connectivity index (χ2v) is 6.51. The molecule has 20 heavy (non-hydrogen) atoms. The first kappa shape index (κ1) is 15.6. The summed E-state index contributed by atoms with van der Waals surface area (Å²) in [4.78, 5) is 2.41. The van der Waals surface area contributed by atoms with E-state index in [4.69, 9.17) is 16.3 Å². The van der Waals surface area contributed by atoms with Crippen LogP contribution in [0, 0.1) is 5.92 Å². The minimum atomic E-state index is -0.204. The Bertz CT molecular complexity index is 448. The van der Waals surface area contributed by atoms with E-state index in [9.17, 15) is 0 Å². The zero-order chi connectivity index (χ0) is 14.8. The summed E-state index contributed by atoms with van der Waals surface area (Å²) in [6.07, 6.45) is 0. The highest BCUT2D eigenvalue weighted by Crippen LogP contribution is 2.29. The van der Waals surface area contributed by atoms with Gasteiger partial charge in [0.25, 0.3) is 0 Å². The zero-order valence-electron chi connectivity index (χ0n) is 12.7. The molecule has 1 aliphatic rings. The Hall–Kier alpha value is -0.770. The molecule has 0 unspecified atom stereocenters. The van der Waals surface area contributed by atoms with Gasteiger partial charge in [-0.3, -0.25) is 4.90 Å². The highest BCUT2D eigenvalue weighted by molar-refractivity contribution is 6.33. The third-order valence-corrected chi connectivity index (χ3v) is 3.98. The van der Waals surface area contributed by atoms with Gasteiger partial charge in [0.2, 0.25) is 0 Å². The Balaban J connectivity index is 2.00. The van der Waals surface area contributed by atoms with E-state index < -0.39 is 0 Å². The smallest absolute Gasteiger partial charge is 0.116 e. The van der Waals surface area contributed by atoms with Crippen LogP contribution in [0.15, 0.2) is 24.3 Å². The molecule has 0 bridgehead atoms. The van der Waals surface area contributed by atoms with Gasteiger partial charge in [0.05, 0.1) is 23.4 Å². The number of hydrogen-bond donors (Lipinski definition) is 1. The van der Waals surface area contributed by atoms with Crippen molar-refractivity contribution >= 4 is 17.3 Å². The first-order valence-electron chi connectivity index (χ1n) is 7.08. The van der Waals surface area contributed by atoms with E-state index in [2.05, 4.69) is 37.9 Å². The van der Waals surface area contributed by atoms with Crippen LogP contribution in [0.1, 0.15) is 27.7 Å². The van der Waals surface area contributed by atoms with Crippen LogP contribution in [0.4, 0.5) is 5.69 Å². The van der Waals surface area contributed by atoms with E-state index >= 15 is 0 Å². The molecule has 1 atom stereocenters. The van der Waals surface area contributed by atoms with Crippen molar-refractivity contribution in [2.24, 2.45) is 0 Å². The van der Waals surface area contributed by atoms with E-state index in [1.165, 1.54) is 5.92 Å². The molecule has 0 spiro atoms. The summed E-state index contributed by atoms with van der Waals surface area (Å²) >= 11 is 6.17.